The van der Waals surface area contributed by atoms with Crippen LogP contribution in [0.4, 0.5) is 5.82 Å². The number of nitrogens with zero attached hydrogens (tertiary/aromatic N) is 2. The largest absolute Gasteiger partial charge is 0.309 e. The molecule has 2 aromatic rings. The summed E-state index contributed by atoms with van der Waals surface area (Å²) in [4.78, 5) is 10.2. The van der Waals surface area contributed by atoms with E-state index in [1.807, 2.05) is 30.3 Å². The molecule has 1 N–H and O–H groups in total. The van der Waals surface area contributed by atoms with Crippen LogP contribution in [0.15, 0.2) is 91.1 Å². The predicted molar refractivity (Wildman–Crippen MR) is 118 cm³/mol. The maximum Gasteiger partial charge on any atom is 0.158 e. The van der Waals surface area contributed by atoms with Crippen LogP contribution in [0.3, 0.4) is 0 Å². The summed E-state index contributed by atoms with van der Waals surface area (Å²) in [5, 5.41) is 0. The van der Waals surface area contributed by atoms with Crippen LogP contribution in [0, 0.1) is 13.8 Å². The number of aromatic nitrogens is 2. The van der Waals surface area contributed by atoms with Gasteiger partial charge in [0, 0.05) is 23.7 Å². The summed E-state index contributed by atoms with van der Waals surface area (Å²) in [6.45, 7) is 11.8. The first-order valence-corrected chi connectivity index (χ1v) is 9.53. The molecule has 1 aromatic carbocycles. The lowest BCUT2D eigenvalue weighted by molar-refractivity contribution is 1.05. The number of allylic oxidation sites excluding steroid dienone is 3. The summed E-state index contributed by atoms with van der Waals surface area (Å²) in [5.41, 5.74) is 4.60. The first-order valence-electron chi connectivity index (χ1n) is 8.71. The lowest BCUT2D eigenvalue weighted by atomic mass is 10.0. The Balaban J connectivity index is 2.44. The van der Waals surface area contributed by atoms with Gasteiger partial charge < -0.3 is 4.72 Å². The Morgan fingerprint density at radius 2 is 1.81 bits per heavy atom. The molecule has 0 aliphatic heterocycles. The zero-order valence-electron chi connectivity index (χ0n) is 15.9. The highest BCUT2D eigenvalue weighted by Gasteiger charge is 2.07. The molecule has 0 saturated heterocycles. The molecular formula is C23H25N3S. The quantitative estimate of drug-likeness (QED) is 0.467. The average molecular weight is 376 g/mol. The normalized spacial score (nSPS) is 10.7. The zero-order valence-corrected chi connectivity index (χ0v) is 16.7. The van der Waals surface area contributed by atoms with Crippen molar-refractivity contribution >= 4 is 17.8 Å². The standard InChI is InChI=1S/C23H25N3S/c1-5-11-21(6-2)27-26-23-22(24-14-9-7-8-10-15-25-23)17-20-13-12-18(3)16-19(20)4/h5-16H,1-2,17H2,3-4H3,(H,25,26)/b21-11+. The third-order valence-electron chi connectivity index (χ3n) is 3.82. The molecule has 0 atom stereocenters. The summed E-state index contributed by atoms with van der Waals surface area (Å²) in [7, 11) is 0. The van der Waals surface area contributed by atoms with Crippen LogP contribution in [0.1, 0.15) is 22.4 Å². The Hall–Kier alpha value is -2.85. The van der Waals surface area contributed by atoms with E-state index in [0.29, 0.717) is 12.2 Å². The van der Waals surface area contributed by atoms with E-state index < -0.39 is 0 Å². The van der Waals surface area contributed by atoms with Crippen LogP contribution in [0.2, 0.25) is 0 Å². The maximum absolute atomic E-state index is 4.65. The average Bonchev–Trinajstić information content (AvgIpc) is 2.66. The SMILES string of the molecule is C=C/C=C(\C=C)SNc1nccccccnc1Cc1ccc(C)cc1C. The Bertz CT molecular complexity index is 886. The van der Waals surface area contributed by atoms with E-state index in [-0.39, 0.29) is 0 Å². The van der Waals surface area contributed by atoms with Crippen LogP contribution in [-0.2, 0) is 6.42 Å². The maximum atomic E-state index is 4.65. The lowest BCUT2D eigenvalue weighted by Gasteiger charge is -2.10. The Morgan fingerprint density at radius 1 is 1.07 bits per heavy atom. The lowest BCUT2D eigenvalue weighted by Crippen LogP contribution is -2.00. The van der Waals surface area contributed by atoms with Crippen LogP contribution in [0.5, 0.6) is 0 Å². The van der Waals surface area contributed by atoms with E-state index in [2.05, 4.69) is 59.9 Å². The van der Waals surface area contributed by atoms with Crippen molar-refractivity contribution in [1.29, 1.82) is 0 Å². The van der Waals surface area contributed by atoms with Gasteiger partial charge in [-0.3, -0.25) is 4.98 Å². The van der Waals surface area contributed by atoms with Crippen molar-refractivity contribution in [3.8, 4) is 0 Å². The monoisotopic (exact) mass is 375 g/mol. The second-order valence-electron chi connectivity index (χ2n) is 5.94. The predicted octanol–water partition coefficient (Wildman–Crippen LogP) is 6.12. The van der Waals surface area contributed by atoms with Gasteiger partial charge in [0.05, 0.1) is 5.69 Å². The topological polar surface area (TPSA) is 37.8 Å². The summed E-state index contributed by atoms with van der Waals surface area (Å²) < 4.78 is 3.31. The molecular weight excluding hydrogens is 350 g/mol. The molecule has 1 aromatic heterocycles. The minimum atomic E-state index is 0.689. The molecule has 0 saturated carbocycles. The molecule has 0 fully saturated rings. The van der Waals surface area contributed by atoms with E-state index in [0.717, 1.165) is 10.6 Å². The summed E-state index contributed by atoms with van der Waals surface area (Å²) >= 11 is 1.44. The van der Waals surface area contributed by atoms with Gasteiger partial charge in [-0.25, -0.2) is 4.98 Å². The van der Waals surface area contributed by atoms with E-state index in [4.69, 9.17) is 0 Å². The van der Waals surface area contributed by atoms with E-state index >= 15 is 0 Å². The minimum Gasteiger partial charge on any atom is -0.309 e. The Morgan fingerprint density at radius 3 is 2.48 bits per heavy atom. The van der Waals surface area contributed by atoms with Gasteiger partial charge >= 0.3 is 0 Å². The van der Waals surface area contributed by atoms with Crippen molar-refractivity contribution < 1.29 is 0 Å². The highest BCUT2D eigenvalue weighted by atomic mass is 32.2. The van der Waals surface area contributed by atoms with Gasteiger partial charge in [0.15, 0.2) is 5.82 Å². The van der Waals surface area contributed by atoms with Crippen molar-refractivity contribution in [1.82, 2.24) is 9.97 Å². The summed E-state index contributed by atoms with van der Waals surface area (Å²) in [6.07, 6.45) is 9.66. The van der Waals surface area contributed by atoms with E-state index in [9.17, 15) is 0 Å². The number of benzene rings is 1. The smallest absolute Gasteiger partial charge is 0.158 e. The second-order valence-corrected chi connectivity index (χ2v) is 6.82. The number of rotatable bonds is 7. The fourth-order valence-electron chi connectivity index (χ4n) is 2.42. The third kappa shape index (κ3) is 6.76. The molecule has 0 bridgehead atoms. The minimum absolute atomic E-state index is 0.689. The number of hydrogen-bond acceptors (Lipinski definition) is 4. The Kier molecular flexibility index (Phi) is 8.33. The van der Waals surface area contributed by atoms with Crippen LogP contribution in [0.25, 0.3) is 0 Å². The van der Waals surface area contributed by atoms with Gasteiger partial charge in [-0.2, -0.15) is 0 Å². The molecule has 0 amide bonds. The zero-order chi connectivity index (χ0) is 19.5. The number of hydrogen-bond donors (Lipinski definition) is 1. The van der Waals surface area contributed by atoms with Crippen LogP contribution in [-0.4, -0.2) is 9.97 Å². The number of anilines is 1. The molecule has 0 unspecified atom stereocenters. The van der Waals surface area contributed by atoms with Gasteiger partial charge in [0.2, 0.25) is 0 Å². The van der Waals surface area contributed by atoms with Crippen LogP contribution < -0.4 is 4.72 Å². The van der Waals surface area contributed by atoms with Crippen LogP contribution >= 0.6 is 11.9 Å². The van der Waals surface area contributed by atoms with E-state index in [1.165, 1.54) is 28.6 Å². The van der Waals surface area contributed by atoms with Crippen molar-refractivity contribution in [2.24, 2.45) is 0 Å². The molecule has 2 rings (SSSR count). The van der Waals surface area contributed by atoms with E-state index in [1.54, 1.807) is 24.5 Å². The highest BCUT2D eigenvalue weighted by molar-refractivity contribution is 8.04. The van der Waals surface area contributed by atoms with Gasteiger partial charge in [-0.05, 0) is 55.1 Å². The summed E-state index contributed by atoms with van der Waals surface area (Å²) in [5.74, 6) is 0.716. The highest BCUT2D eigenvalue weighted by Crippen LogP contribution is 2.23. The van der Waals surface area contributed by atoms with Crippen molar-refractivity contribution in [2.75, 3.05) is 4.72 Å². The molecule has 0 aliphatic carbocycles. The molecule has 4 heteroatoms. The van der Waals surface area contributed by atoms with Gasteiger partial charge in [0.25, 0.3) is 0 Å². The number of nitrogens with one attached hydrogen (secondary N) is 1. The third-order valence-corrected chi connectivity index (χ3v) is 4.65. The molecule has 0 radical (unpaired) electrons. The fraction of sp³-hybridized carbons (Fsp3) is 0.130. The first kappa shape index (κ1) is 20.5. The fourth-order valence-corrected chi connectivity index (χ4v) is 3.05. The first-order chi connectivity index (χ1) is 13.1. The van der Waals surface area contributed by atoms with Gasteiger partial charge in [0.1, 0.15) is 0 Å². The molecule has 0 spiro atoms. The van der Waals surface area contributed by atoms with Gasteiger partial charge in [-0.15, -0.1) is 0 Å². The van der Waals surface area contributed by atoms with Crippen molar-refractivity contribution in [2.45, 2.75) is 20.3 Å². The summed E-state index contributed by atoms with van der Waals surface area (Å²) in [6, 6.07) is 14.1. The Labute approximate surface area is 166 Å². The molecule has 0 aliphatic rings. The molecule has 3 nitrogen and oxygen atoms in total. The van der Waals surface area contributed by atoms with Crippen molar-refractivity contribution in [3.05, 3.63) is 114 Å². The van der Waals surface area contributed by atoms with Crippen molar-refractivity contribution in [3.63, 3.8) is 0 Å². The number of aryl methyl sites for hydroxylation is 2. The molecule has 1 heterocycles. The van der Waals surface area contributed by atoms with Gasteiger partial charge in [-0.1, -0.05) is 61.2 Å². The second kappa shape index (κ2) is 11.0. The molecule has 138 valence electrons. The molecule has 27 heavy (non-hydrogen) atoms.